The summed E-state index contributed by atoms with van der Waals surface area (Å²) in [6, 6.07) is 6.99. The minimum Gasteiger partial charge on any atom is -0.351 e. The summed E-state index contributed by atoms with van der Waals surface area (Å²) in [7, 11) is 0. The topological polar surface area (TPSA) is 66.7 Å². The van der Waals surface area contributed by atoms with E-state index >= 15 is 0 Å². The Morgan fingerprint density at radius 1 is 1.15 bits per heavy atom. The highest BCUT2D eigenvalue weighted by Crippen LogP contribution is 2.25. The lowest BCUT2D eigenvalue weighted by molar-refractivity contribution is -0.129. The van der Waals surface area contributed by atoms with Gasteiger partial charge in [0.2, 0.25) is 11.7 Å². The summed E-state index contributed by atoms with van der Waals surface area (Å²) in [5, 5.41) is 4.94. The van der Waals surface area contributed by atoms with Crippen molar-refractivity contribution in [3.05, 3.63) is 51.3 Å². The van der Waals surface area contributed by atoms with Gasteiger partial charge in [-0.05, 0) is 24.6 Å². The van der Waals surface area contributed by atoms with Crippen LogP contribution >= 0.6 is 35.0 Å². The summed E-state index contributed by atoms with van der Waals surface area (Å²) in [6.45, 7) is 3.77. The molecule has 1 fully saturated rings. The molecule has 0 radical (unpaired) electrons. The molecule has 0 aliphatic carbocycles. The van der Waals surface area contributed by atoms with Crippen molar-refractivity contribution in [1.82, 2.24) is 15.0 Å². The summed E-state index contributed by atoms with van der Waals surface area (Å²) in [5.41, 5.74) is 1.63. The van der Waals surface area contributed by atoms with Crippen LogP contribution in [0.2, 0.25) is 10.0 Å². The van der Waals surface area contributed by atoms with Crippen LogP contribution in [0.5, 0.6) is 0 Å². The lowest BCUT2D eigenvalue weighted by atomic mass is 10.2. The first kappa shape index (κ1) is 20.0. The van der Waals surface area contributed by atoms with Crippen LogP contribution in [0.1, 0.15) is 21.8 Å². The van der Waals surface area contributed by atoms with Crippen LogP contribution in [-0.4, -0.2) is 58.7 Å². The Bertz CT molecular complexity index is 835. The normalized spacial score (nSPS) is 14.5. The zero-order valence-corrected chi connectivity index (χ0v) is 17.1. The molecule has 3 rings (SSSR count). The van der Waals surface area contributed by atoms with Crippen molar-refractivity contribution in [2.75, 3.05) is 31.9 Å². The molecule has 1 aromatic heterocycles. The van der Waals surface area contributed by atoms with E-state index in [0.29, 0.717) is 53.4 Å². The maximum atomic E-state index is 12.4. The van der Waals surface area contributed by atoms with E-state index in [0.717, 1.165) is 5.56 Å². The second kappa shape index (κ2) is 8.99. The zero-order valence-electron chi connectivity index (χ0n) is 14.8. The molecule has 0 N–H and O–H groups in total. The fourth-order valence-electron chi connectivity index (χ4n) is 2.76. The minimum absolute atomic E-state index is 0.0627. The molecule has 9 heteroatoms. The van der Waals surface area contributed by atoms with Gasteiger partial charge in [-0.25, -0.2) is 0 Å². The van der Waals surface area contributed by atoms with Gasteiger partial charge < -0.3 is 14.3 Å². The van der Waals surface area contributed by atoms with E-state index in [1.165, 1.54) is 11.8 Å². The SMILES string of the molecule is Cc1cc(C(=O)N2CCN(C(=O)CSCc3ccc(Cl)cc3Cl)CC2)on1. The third kappa shape index (κ3) is 5.18. The molecule has 1 aromatic carbocycles. The highest BCUT2D eigenvalue weighted by atomic mass is 35.5. The molecule has 0 saturated carbocycles. The van der Waals surface area contributed by atoms with Crippen molar-refractivity contribution >= 4 is 46.8 Å². The van der Waals surface area contributed by atoms with Gasteiger partial charge in [0, 0.05) is 48.0 Å². The van der Waals surface area contributed by atoms with E-state index in [2.05, 4.69) is 5.16 Å². The molecule has 0 atom stereocenters. The average Bonchev–Trinajstić information content (AvgIpc) is 3.09. The number of benzene rings is 1. The Labute approximate surface area is 171 Å². The lowest BCUT2D eigenvalue weighted by Gasteiger charge is -2.34. The lowest BCUT2D eigenvalue weighted by Crippen LogP contribution is -2.51. The molecular weight excluding hydrogens is 409 g/mol. The number of nitrogens with zero attached hydrogens (tertiary/aromatic N) is 3. The highest BCUT2D eigenvalue weighted by Gasteiger charge is 2.26. The molecule has 0 spiro atoms. The zero-order chi connectivity index (χ0) is 19.4. The van der Waals surface area contributed by atoms with Gasteiger partial charge in [-0.3, -0.25) is 9.59 Å². The Balaban J connectivity index is 1.43. The van der Waals surface area contributed by atoms with Gasteiger partial charge in [0.1, 0.15) is 0 Å². The number of aromatic nitrogens is 1. The Morgan fingerprint density at radius 2 is 1.85 bits per heavy atom. The number of aryl methyl sites for hydroxylation is 1. The van der Waals surface area contributed by atoms with Crippen LogP contribution in [0.15, 0.2) is 28.8 Å². The summed E-state index contributed by atoms with van der Waals surface area (Å²) < 4.78 is 5.02. The quantitative estimate of drug-likeness (QED) is 0.729. The summed E-state index contributed by atoms with van der Waals surface area (Å²) in [5.74, 6) is 1.13. The van der Waals surface area contributed by atoms with Crippen molar-refractivity contribution in [1.29, 1.82) is 0 Å². The largest absolute Gasteiger partial charge is 0.351 e. The summed E-state index contributed by atoms with van der Waals surface area (Å²) >= 11 is 13.5. The fourth-order valence-corrected chi connectivity index (χ4v) is 4.24. The van der Waals surface area contributed by atoms with Gasteiger partial charge in [-0.2, -0.15) is 0 Å². The van der Waals surface area contributed by atoms with E-state index < -0.39 is 0 Å². The van der Waals surface area contributed by atoms with Gasteiger partial charge in [0.05, 0.1) is 11.4 Å². The smallest absolute Gasteiger partial charge is 0.292 e. The molecule has 1 aliphatic rings. The standard InChI is InChI=1S/C18H19Cl2N3O3S/c1-12-8-16(26-21-12)18(25)23-6-4-22(5-7-23)17(24)11-27-10-13-2-3-14(19)9-15(13)20/h2-3,8-9H,4-7,10-11H2,1H3. The Kier molecular flexibility index (Phi) is 6.68. The van der Waals surface area contributed by atoms with Gasteiger partial charge in [0.15, 0.2) is 0 Å². The first-order chi connectivity index (χ1) is 12.9. The van der Waals surface area contributed by atoms with Crippen molar-refractivity contribution < 1.29 is 14.1 Å². The minimum atomic E-state index is -0.186. The summed E-state index contributed by atoms with van der Waals surface area (Å²) in [6.07, 6.45) is 0. The van der Waals surface area contributed by atoms with Crippen molar-refractivity contribution in [2.24, 2.45) is 0 Å². The highest BCUT2D eigenvalue weighted by molar-refractivity contribution is 7.99. The van der Waals surface area contributed by atoms with Crippen LogP contribution in [0.4, 0.5) is 0 Å². The third-order valence-corrected chi connectivity index (χ3v) is 5.81. The number of amides is 2. The maximum Gasteiger partial charge on any atom is 0.292 e. The van der Waals surface area contributed by atoms with Crippen LogP contribution in [0.3, 0.4) is 0 Å². The number of carbonyl (C=O) groups excluding carboxylic acids is 2. The molecule has 2 aromatic rings. The molecule has 2 amide bonds. The van der Waals surface area contributed by atoms with Gasteiger partial charge in [0.25, 0.3) is 5.91 Å². The molecular formula is C18H19Cl2N3O3S. The Hall–Kier alpha value is -1.70. The molecule has 1 saturated heterocycles. The molecule has 6 nitrogen and oxygen atoms in total. The number of hydrogen-bond donors (Lipinski definition) is 0. The Morgan fingerprint density at radius 3 is 2.48 bits per heavy atom. The van der Waals surface area contributed by atoms with E-state index in [4.69, 9.17) is 27.7 Å². The van der Waals surface area contributed by atoms with E-state index in [-0.39, 0.29) is 17.6 Å². The van der Waals surface area contributed by atoms with Crippen LogP contribution in [0.25, 0.3) is 0 Å². The van der Waals surface area contributed by atoms with Crippen LogP contribution < -0.4 is 0 Å². The molecule has 2 heterocycles. The monoisotopic (exact) mass is 427 g/mol. The van der Waals surface area contributed by atoms with Crippen LogP contribution in [0, 0.1) is 6.92 Å². The molecule has 0 unspecified atom stereocenters. The van der Waals surface area contributed by atoms with Gasteiger partial charge in [-0.15, -0.1) is 11.8 Å². The number of rotatable bonds is 5. The summed E-state index contributed by atoms with van der Waals surface area (Å²) in [4.78, 5) is 28.2. The average molecular weight is 428 g/mol. The first-order valence-electron chi connectivity index (χ1n) is 8.46. The molecule has 27 heavy (non-hydrogen) atoms. The number of carbonyl (C=O) groups is 2. The van der Waals surface area contributed by atoms with Crippen molar-refractivity contribution in [2.45, 2.75) is 12.7 Å². The number of hydrogen-bond acceptors (Lipinski definition) is 5. The van der Waals surface area contributed by atoms with E-state index in [1.807, 2.05) is 6.07 Å². The number of thioether (sulfide) groups is 1. The molecule has 0 bridgehead atoms. The predicted octanol–water partition coefficient (Wildman–Crippen LogP) is 3.51. The van der Waals surface area contributed by atoms with Gasteiger partial charge >= 0.3 is 0 Å². The van der Waals surface area contributed by atoms with Crippen LogP contribution in [-0.2, 0) is 10.5 Å². The molecule has 1 aliphatic heterocycles. The maximum absolute atomic E-state index is 12.4. The van der Waals surface area contributed by atoms with Crippen molar-refractivity contribution in [3.8, 4) is 0 Å². The van der Waals surface area contributed by atoms with Gasteiger partial charge in [-0.1, -0.05) is 34.4 Å². The first-order valence-corrected chi connectivity index (χ1v) is 10.4. The molecule has 144 valence electrons. The number of halogens is 2. The van der Waals surface area contributed by atoms with Crippen molar-refractivity contribution in [3.63, 3.8) is 0 Å². The third-order valence-electron chi connectivity index (χ3n) is 4.26. The number of piperazine rings is 1. The predicted molar refractivity (Wildman–Crippen MR) is 106 cm³/mol. The second-order valence-corrected chi connectivity index (χ2v) is 8.06. The van der Waals surface area contributed by atoms with E-state index in [9.17, 15) is 9.59 Å². The second-order valence-electron chi connectivity index (χ2n) is 6.23. The van der Waals surface area contributed by atoms with E-state index in [1.54, 1.807) is 34.9 Å². The fraction of sp³-hybridized carbons (Fsp3) is 0.389.